The third kappa shape index (κ3) is 9.45. The van der Waals surface area contributed by atoms with Crippen LogP contribution in [0.3, 0.4) is 0 Å². The molecule has 2 fully saturated rings. The Balaban J connectivity index is 1.07. The summed E-state index contributed by atoms with van der Waals surface area (Å²) in [7, 11) is 0. The molecule has 0 bridgehead atoms. The lowest BCUT2D eigenvalue weighted by Gasteiger charge is -2.34. The van der Waals surface area contributed by atoms with Crippen molar-refractivity contribution < 1.29 is 23.5 Å². The molecular formula is C43H46BrFN6O6. The number of carbonyl (C=O) groups is 2. The van der Waals surface area contributed by atoms with Gasteiger partial charge in [0.25, 0.3) is 5.56 Å². The van der Waals surface area contributed by atoms with Gasteiger partial charge in [-0.3, -0.25) is 14.3 Å². The molecular weight excluding hydrogens is 795 g/mol. The van der Waals surface area contributed by atoms with Crippen LogP contribution < -0.4 is 16.6 Å². The van der Waals surface area contributed by atoms with Crippen LogP contribution >= 0.6 is 15.9 Å². The summed E-state index contributed by atoms with van der Waals surface area (Å²) in [5.41, 5.74) is 2.52. The summed E-state index contributed by atoms with van der Waals surface area (Å²) >= 11 is 3.77. The molecule has 1 saturated heterocycles. The van der Waals surface area contributed by atoms with Crippen molar-refractivity contribution in [3.63, 3.8) is 0 Å². The van der Waals surface area contributed by atoms with Crippen LogP contribution in [-0.4, -0.2) is 73.9 Å². The number of benzene rings is 3. The van der Waals surface area contributed by atoms with E-state index in [1.54, 1.807) is 31.7 Å². The van der Waals surface area contributed by atoms with Crippen molar-refractivity contribution in [2.75, 3.05) is 26.2 Å². The van der Waals surface area contributed by atoms with Crippen LogP contribution in [0.4, 0.5) is 14.0 Å². The molecule has 1 aliphatic heterocycles. The van der Waals surface area contributed by atoms with E-state index in [-0.39, 0.29) is 29.8 Å². The molecule has 2 amide bonds. The van der Waals surface area contributed by atoms with Crippen LogP contribution in [0.1, 0.15) is 63.6 Å². The highest BCUT2D eigenvalue weighted by Gasteiger charge is 2.29. The van der Waals surface area contributed by atoms with Crippen LogP contribution in [0.15, 0.2) is 99.1 Å². The number of nitrogens with one attached hydrogen (secondary N) is 1. The molecule has 2 aromatic heterocycles. The third-order valence-corrected chi connectivity index (χ3v) is 11.0. The molecule has 0 spiro atoms. The van der Waals surface area contributed by atoms with E-state index in [0.717, 1.165) is 52.1 Å². The summed E-state index contributed by atoms with van der Waals surface area (Å²) in [4.78, 5) is 61.5. The minimum Gasteiger partial charge on any atom is -0.445 e. The number of piperazine rings is 1. The molecule has 0 atom stereocenters. The van der Waals surface area contributed by atoms with Gasteiger partial charge in [-0.1, -0.05) is 70.5 Å². The third-order valence-electron chi connectivity index (χ3n) is 10.4. The maximum absolute atomic E-state index is 14.6. The van der Waals surface area contributed by atoms with Gasteiger partial charge < -0.3 is 19.7 Å². The number of aromatic nitrogens is 3. The number of pyridine rings is 1. The molecule has 57 heavy (non-hydrogen) atoms. The van der Waals surface area contributed by atoms with Crippen molar-refractivity contribution in [1.82, 2.24) is 29.2 Å². The molecule has 2 aliphatic rings. The number of hydrogen-bond acceptors (Lipinski definition) is 8. The predicted octanol–water partition coefficient (Wildman–Crippen LogP) is 7.58. The van der Waals surface area contributed by atoms with E-state index in [0.29, 0.717) is 51.0 Å². The van der Waals surface area contributed by atoms with Gasteiger partial charge in [0, 0.05) is 49.3 Å². The van der Waals surface area contributed by atoms with E-state index in [9.17, 15) is 23.6 Å². The lowest BCUT2D eigenvalue weighted by atomic mass is 9.91. The van der Waals surface area contributed by atoms with Crippen LogP contribution in [0.2, 0.25) is 0 Å². The van der Waals surface area contributed by atoms with Gasteiger partial charge in [-0.2, -0.15) is 0 Å². The highest BCUT2D eigenvalue weighted by atomic mass is 79.9. The Hall–Kier alpha value is -5.34. The Morgan fingerprint density at radius 3 is 2.33 bits per heavy atom. The number of halogens is 2. The minimum atomic E-state index is -0.678. The maximum Gasteiger partial charge on any atom is 0.410 e. The molecule has 1 aliphatic carbocycles. The van der Waals surface area contributed by atoms with Crippen molar-refractivity contribution in [2.45, 2.75) is 77.3 Å². The van der Waals surface area contributed by atoms with Gasteiger partial charge >= 0.3 is 17.9 Å². The Kier molecular flexibility index (Phi) is 11.9. The Morgan fingerprint density at radius 2 is 1.63 bits per heavy atom. The zero-order chi connectivity index (χ0) is 40.3. The zero-order valence-electron chi connectivity index (χ0n) is 32.3. The first-order chi connectivity index (χ1) is 27.3. The number of amides is 2. The highest BCUT2D eigenvalue weighted by molar-refractivity contribution is 9.10. The van der Waals surface area contributed by atoms with Gasteiger partial charge in [0.2, 0.25) is 0 Å². The summed E-state index contributed by atoms with van der Waals surface area (Å²) in [6, 6.07) is 23.7. The fourth-order valence-corrected chi connectivity index (χ4v) is 8.21. The first-order valence-electron chi connectivity index (χ1n) is 19.2. The Labute approximate surface area is 338 Å². The number of ether oxygens (including phenoxy) is 2. The molecule has 14 heteroatoms. The van der Waals surface area contributed by atoms with Crippen molar-refractivity contribution in [1.29, 1.82) is 0 Å². The number of alkyl carbamates (subject to hydrolysis) is 1. The lowest BCUT2D eigenvalue weighted by Crippen LogP contribution is -2.48. The molecule has 3 aromatic carbocycles. The van der Waals surface area contributed by atoms with Gasteiger partial charge in [0.05, 0.1) is 17.3 Å². The number of rotatable bonds is 8. The fraction of sp³-hybridized carbons (Fsp3) is 0.372. The first kappa shape index (κ1) is 39.9. The van der Waals surface area contributed by atoms with Gasteiger partial charge in [0.15, 0.2) is 5.65 Å². The summed E-state index contributed by atoms with van der Waals surface area (Å²) in [6.07, 6.45) is 2.19. The number of fused-ring (bicyclic) bond motifs is 1. The number of carbonyl (C=O) groups excluding carboxylic acids is 2. The molecule has 5 aromatic rings. The second kappa shape index (κ2) is 17.0. The van der Waals surface area contributed by atoms with E-state index >= 15 is 0 Å². The molecule has 0 radical (unpaired) electrons. The van der Waals surface area contributed by atoms with E-state index in [4.69, 9.17) is 9.47 Å². The van der Waals surface area contributed by atoms with Gasteiger partial charge in [0.1, 0.15) is 18.0 Å². The zero-order valence-corrected chi connectivity index (χ0v) is 33.8. The highest BCUT2D eigenvalue weighted by Crippen LogP contribution is 2.32. The Bertz CT molecular complexity index is 2380. The van der Waals surface area contributed by atoms with Crippen molar-refractivity contribution in [3.05, 3.63) is 127 Å². The standard InChI is InChI=1S/C43H46BrFN6O6/c1-43(2,3)57-40(53)47-32-13-15-33(16-14-32)51-39(52)36-24-31(45)25-46-38(36)50(41(51)54)34-11-7-10-30(23-34)35-17-12-29(22-37(35)44)26-48-18-20-49(21-19-48)42(55)56-27-28-8-5-4-6-9-28/h4-12,17,22-25,32-33H,13-16,18-21,26-27H2,1-3H3,(H,47,53). The molecule has 7 rings (SSSR count). The normalized spacial score (nSPS) is 17.7. The second-order valence-corrected chi connectivity index (χ2v) is 16.5. The average Bonchev–Trinajstić information content (AvgIpc) is 3.18. The lowest BCUT2D eigenvalue weighted by molar-refractivity contribution is 0.0487. The van der Waals surface area contributed by atoms with E-state index in [1.807, 2.05) is 54.6 Å². The summed E-state index contributed by atoms with van der Waals surface area (Å²) in [6.45, 7) is 8.93. The Morgan fingerprint density at radius 1 is 0.895 bits per heavy atom. The average molecular weight is 842 g/mol. The summed E-state index contributed by atoms with van der Waals surface area (Å²) in [5, 5.41) is 2.90. The summed E-state index contributed by atoms with van der Waals surface area (Å²) in [5.74, 6) is -0.678. The molecule has 1 saturated carbocycles. The molecule has 298 valence electrons. The second-order valence-electron chi connectivity index (χ2n) is 15.6. The smallest absolute Gasteiger partial charge is 0.410 e. The van der Waals surface area contributed by atoms with Crippen LogP contribution in [0.5, 0.6) is 0 Å². The van der Waals surface area contributed by atoms with E-state index in [1.165, 1.54) is 9.13 Å². The first-order valence-corrected chi connectivity index (χ1v) is 20.0. The number of hydrogen-bond donors (Lipinski definition) is 1. The van der Waals surface area contributed by atoms with Crippen LogP contribution in [0, 0.1) is 5.82 Å². The maximum atomic E-state index is 14.6. The van der Waals surface area contributed by atoms with Crippen molar-refractivity contribution >= 4 is 39.1 Å². The fourth-order valence-electron chi connectivity index (χ4n) is 7.55. The van der Waals surface area contributed by atoms with Crippen LogP contribution in [-0.2, 0) is 22.6 Å². The minimum absolute atomic E-state index is 0.00412. The monoisotopic (exact) mass is 840 g/mol. The summed E-state index contributed by atoms with van der Waals surface area (Å²) < 4.78 is 29.0. The van der Waals surface area contributed by atoms with Gasteiger partial charge in [-0.05, 0) is 93.0 Å². The molecule has 1 N–H and O–H groups in total. The molecule has 3 heterocycles. The van der Waals surface area contributed by atoms with Gasteiger partial charge in [-0.25, -0.2) is 28.3 Å². The van der Waals surface area contributed by atoms with Crippen molar-refractivity contribution in [2.24, 2.45) is 0 Å². The molecule has 0 unspecified atom stereocenters. The van der Waals surface area contributed by atoms with Gasteiger partial charge in [-0.15, -0.1) is 0 Å². The van der Waals surface area contributed by atoms with Crippen LogP contribution in [0.25, 0.3) is 27.8 Å². The largest absolute Gasteiger partial charge is 0.445 e. The van der Waals surface area contributed by atoms with Crippen molar-refractivity contribution in [3.8, 4) is 16.8 Å². The van der Waals surface area contributed by atoms with E-state index in [2.05, 4.69) is 43.3 Å². The topological polar surface area (TPSA) is 128 Å². The predicted molar refractivity (Wildman–Crippen MR) is 219 cm³/mol. The molecule has 12 nitrogen and oxygen atoms in total. The SMILES string of the molecule is CC(C)(C)OC(=O)NC1CCC(n2c(=O)c3cc(F)cnc3n(-c3cccc(-c4ccc(CN5CCN(C(=O)OCc6ccccc6)CC5)cc4Br)c3)c2=O)CC1. The quantitative estimate of drug-likeness (QED) is 0.170. The van der Waals surface area contributed by atoms with E-state index < -0.39 is 34.8 Å². The number of nitrogens with zero attached hydrogens (tertiary/aromatic N) is 5.